The fraction of sp³-hybridized carbons (Fsp3) is 0.833. The molecule has 0 saturated heterocycles. The van der Waals surface area contributed by atoms with Crippen molar-refractivity contribution in [1.82, 2.24) is 10.3 Å². The predicted molar refractivity (Wildman–Crippen MR) is 88.7 cm³/mol. The third-order valence-corrected chi connectivity index (χ3v) is 4.53. The highest BCUT2D eigenvalue weighted by Crippen LogP contribution is 2.11. The number of aromatic amines is 1. The summed E-state index contributed by atoms with van der Waals surface area (Å²) in [5, 5.41) is 17.5. The van der Waals surface area contributed by atoms with Gasteiger partial charge in [-0.25, -0.2) is 0 Å². The summed E-state index contributed by atoms with van der Waals surface area (Å²) in [6, 6.07) is 0. The minimum Gasteiger partial charge on any atom is -0.550 e. The first kappa shape index (κ1) is 19.7. The maximum atomic E-state index is 10.3. The number of unbranched alkanes of at least 4 members (excludes halogenated alkanes) is 10. The molecule has 1 aromatic rings. The van der Waals surface area contributed by atoms with Crippen LogP contribution in [0.3, 0.4) is 0 Å². The highest BCUT2D eigenvalue weighted by Gasteiger charge is 2.10. The van der Waals surface area contributed by atoms with Gasteiger partial charge in [-0.2, -0.15) is 4.68 Å². The number of aliphatic carboxylic acids is 1. The molecule has 1 N–H and O–H groups in total. The Hall–Kier alpha value is -1.39. The molecule has 5 heteroatoms. The quantitative estimate of drug-likeness (QED) is 0.422. The Bertz CT molecular complexity index is 443. The van der Waals surface area contributed by atoms with E-state index in [1.54, 1.807) is 0 Å². The van der Waals surface area contributed by atoms with E-state index in [1.807, 2.05) is 6.92 Å². The Morgan fingerprint density at radius 2 is 1.39 bits per heavy atom. The van der Waals surface area contributed by atoms with E-state index >= 15 is 0 Å². The largest absolute Gasteiger partial charge is 0.550 e. The fourth-order valence-corrected chi connectivity index (χ4v) is 2.83. The Morgan fingerprint density at radius 3 is 1.83 bits per heavy atom. The van der Waals surface area contributed by atoms with Crippen LogP contribution in [0.2, 0.25) is 0 Å². The highest BCUT2D eigenvalue weighted by atomic mass is 16.4. The van der Waals surface area contributed by atoms with Crippen LogP contribution >= 0.6 is 0 Å². The molecule has 0 amide bonds. The molecule has 1 rings (SSSR count). The van der Waals surface area contributed by atoms with Gasteiger partial charge in [-0.05, 0) is 25.7 Å². The van der Waals surface area contributed by atoms with Gasteiger partial charge >= 0.3 is 0 Å². The van der Waals surface area contributed by atoms with E-state index in [4.69, 9.17) is 0 Å². The molecule has 23 heavy (non-hydrogen) atoms. The molecule has 0 aliphatic rings. The van der Waals surface area contributed by atoms with Crippen molar-refractivity contribution in [2.75, 3.05) is 0 Å². The molecule has 0 atom stereocenters. The maximum Gasteiger partial charge on any atom is 0.218 e. The molecule has 132 valence electrons. The maximum absolute atomic E-state index is 10.3. The molecule has 0 unspecified atom stereocenters. The number of rotatable bonds is 14. The van der Waals surface area contributed by atoms with Crippen LogP contribution in [0.5, 0.6) is 0 Å². The van der Waals surface area contributed by atoms with Gasteiger partial charge in [0.1, 0.15) is 6.54 Å². The second-order valence-corrected chi connectivity index (χ2v) is 6.55. The standard InChI is InChI=1S/C18H33N3O2/c1-16-17(2)21(20-19-16)15-13-11-9-7-5-3-4-6-8-10-12-14-18(22)23/h3-15H2,1-2H3,(H,22,23). The van der Waals surface area contributed by atoms with E-state index in [-0.39, 0.29) is 6.42 Å². The summed E-state index contributed by atoms with van der Waals surface area (Å²) in [5.74, 6) is -0.916. The van der Waals surface area contributed by atoms with Gasteiger partial charge < -0.3 is 9.90 Å². The minimum atomic E-state index is -0.916. The lowest BCUT2D eigenvalue weighted by Gasteiger charge is -2.03. The van der Waals surface area contributed by atoms with Gasteiger partial charge in [0.25, 0.3) is 0 Å². The molecule has 0 bridgehead atoms. The zero-order chi connectivity index (χ0) is 16.9. The summed E-state index contributed by atoms with van der Waals surface area (Å²) in [5.41, 5.74) is 2.33. The van der Waals surface area contributed by atoms with Gasteiger partial charge in [-0.3, -0.25) is 0 Å². The number of carboxylic acids is 1. The van der Waals surface area contributed by atoms with Crippen LogP contribution in [0.25, 0.3) is 0 Å². The molecule has 1 heterocycles. The number of nitrogens with one attached hydrogen (secondary N) is 1. The highest BCUT2D eigenvalue weighted by molar-refractivity contribution is 5.63. The van der Waals surface area contributed by atoms with Crippen molar-refractivity contribution in [3.8, 4) is 0 Å². The Balaban J connectivity index is 1.81. The normalized spacial score (nSPS) is 11.0. The summed E-state index contributed by atoms with van der Waals surface area (Å²) in [4.78, 5) is 10.3. The van der Waals surface area contributed by atoms with E-state index in [1.165, 1.54) is 57.1 Å². The van der Waals surface area contributed by atoms with E-state index in [9.17, 15) is 9.90 Å². The zero-order valence-corrected chi connectivity index (χ0v) is 14.9. The first-order valence-electron chi connectivity index (χ1n) is 9.22. The van der Waals surface area contributed by atoms with Crippen LogP contribution in [-0.4, -0.2) is 16.3 Å². The smallest absolute Gasteiger partial charge is 0.218 e. The van der Waals surface area contributed by atoms with E-state index < -0.39 is 5.97 Å². The van der Waals surface area contributed by atoms with Crippen LogP contribution in [0.1, 0.15) is 88.4 Å². The van der Waals surface area contributed by atoms with Crippen molar-refractivity contribution in [2.24, 2.45) is 0 Å². The first-order valence-corrected chi connectivity index (χ1v) is 9.22. The number of aromatic nitrogens is 3. The molecule has 0 radical (unpaired) electrons. The lowest BCUT2D eigenvalue weighted by molar-refractivity contribution is -0.759. The number of hydrogen-bond acceptors (Lipinski definition) is 3. The summed E-state index contributed by atoms with van der Waals surface area (Å²) in [6.45, 7) is 5.18. The Kier molecular flexibility index (Phi) is 10.3. The first-order chi connectivity index (χ1) is 11.1. The molecular weight excluding hydrogens is 290 g/mol. The lowest BCUT2D eigenvalue weighted by Crippen LogP contribution is -2.38. The third kappa shape index (κ3) is 9.36. The Morgan fingerprint density at radius 1 is 0.913 bits per heavy atom. The van der Waals surface area contributed by atoms with Crippen molar-refractivity contribution in [2.45, 2.75) is 97.4 Å². The monoisotopic (exact) mass is 323 g/mol. The number of carbonyl (C=O) groups is 1. The van der Waals surface area contributed by atoms with Crippen molar-refractivity contribution in [1.29, 1.82) is 0 Å². The second kappa shape index (κ2) is 12.1. The van der Waals surface area contributed by atoms with Crippen LogP contribution in [0, 0.1) is 13.8 Å². The zero-order valence-electron chi connectivity index (χ0n) is 14.9. The average molecular weight is 323 g/mol. The number of hydrogen-bond donors (Lipinski definition) is 1. The Labute approximate surface area is 140 Å². The molecule has 1 aromatic heterocycles. The van der Waals surface area contributed by atoms with Crippen molar-refractivity contribution in [3.05, 3.63) is 11.4 Å². The molecule has 5 nitrogen and oxygen atoms in total. The minimum absolute atomic E-state index is 0.218. The number of carboxylic acid groups (broad SMARTS) is 1. The van der Waals surface area contributed by atoms with Crippen molar-refractivity contribution < 1.29 is 14.6 Å². The van der Waals surface area contributed by atoms with Crippen molar-refractivity contribution in [3.63, 3.8) is 0 Å². The number of H-pyrrole nitrogens is 1. The molecular formula is C18H33N3O2. The average Bonchev–Trinajstić information content (AvgIpc) is 2.83. The molecule has 0 fully saturated rings. The third-order valence-electron chi connectivity index (χ3n) is 4.53. The van der Waals surface area contributed by atoms with Gasteiger partial charge in [0.05, 0.1) is 0 Å². The predicted octanol–water partition coefficient (Wildman–Crippen LogP) is 2.75. The number of carbonyl (C=O) groups excluding carboxylic acids is 1. The van der Waals surface area contributed by atoms with E-state index in [0.717, 1.165) is 31.5 Å². The van der Waals surface area contributed by atoms with E-state index in [2.05, 4.69) is 21.9 Å². The molecule has 0 saturated carbocycles. The van der Waals surface area contributed by atoms with Crippen LogP contribution in [-0.2, 0) is 11.3 Å². The van der Waals surface area contributed by atoms with Gasteiger partial charge in [0.15, 0.2) is 5.69 Å². The van der Waals surface area contributed by atoms with Crippen LogP contribution in [0.15, 0.2) is 0 Å². The molecule has 0 spiro atoms. The topological polar surface area (TPSA) is 72.7 Å². The van der Waals surface area contributed by atoms with Crippen molar-refractivity contribution >= 4 is 5.97 Å². The van der Waals surface area contributed by atoms with Gasteiger partial charge in [0.2, 0.25) is 5.69 Å². The van der Waals surface area contributed by atoms with Crippen LogP contribution in [0.4, 0.5) is 0 Å². The van der Waals surface area contributed by atoms with E-state index in [0.29, 0.717) is 0 Å². The fourth-order valence-electron chi connectivity index (χ4n) is 2.83. The number of nitrogens with zero attached hydrogens (tertiary/aromatic N) is 2. The number of aryl methyl sites for hydroxylation is 2. The summed E-state index contributed by atoms with van der Waals surface area (Å²) >= 11 is 0. The lowest BCUT2D eigenvalue weighted by atomic mass is 10.1. The second-order valence-electron chi connectivity index (χ2n) is 6.55. The SMILES string of the molecule is Cc1n[nH][n+](CCCCCCCCCCCCCC(=O)[O-])c1C. The molecule has 0 aromatic carbocycles. The van der Waals surface area contributed by atoms with Gasteiger partial charge in [0, 0.05) is 24.9 Å². The summed E-state index contributed by atoms with van der Waals surface area (Å²) in [7, 11) is 0. The van der Waals surface area contributed by atoms with Gasteiger partial charge in [-0.15, -0.1) is 0 Å². The summed E-state index contributed by atoms with van der Waals surface area (Å²) in [6.07, 6.45) is 13.5. The van der Waals surface area contributed by atoms with Crippen LogP contribution < -0.4 is 9.79 Å². The molecule has 0 aliphatic heterocycles. The molecule has 0 aliphatic carbocycles. The summed E-state index contributed by atoms with van der Waals surface area (Å²) < 4.78 is 2.13. The van der Waals surface area contributed by atoms with Gasteiger partial charge in [-0.1, -0.05) is 56.6 Å².